The molecule has 2 fully saturated rings. The zero-order chi connectivity index (χ0) is 36.8. The van der Waals surface area contributed by atoms with Crippen molar-refractivity contribution in [3.05, 3.63) is 40.4 Å². The fourth-order valence-electron chi connectivity index (χ4n) is 6.85. The number of hydrogen-bond acceptors (Lipinski definition) is 11. The van der Waals surface area contributed by atoms with Crippen LogP contribution in [0.25, 0.3) is 32.1 Å². The molecule has 2 atom stereocenters. The second-order valence-corrected chi connectivity index (χ2v) is 15.2. The molecule has 51 heavy (non-hydrogen) atoms. The molecule has 0 aliphatic carbocycles. The molecular formula is C35H36ClF3N6O5S. The molecule has 0 unspecified atom stereocenters. The smallest absolute Gasteiger partial charge is 0.412 e. The van der Waals surface area contributed by atoms with Gasteiger partial charge in [0.2, 0.25) is 0 Å². The first-order valence-electron chi connectivity index (χ1n) is 16.3. The minimum Gasteiger partial charge on any atom is -0.469 e. The lowest BCUT2D eigenvalue weighted by Crippen LogP contribution is -2.43. The maximum absolute atomic E-state index is 17.0. The zero-order valence-corrected chi connectivity index (χ0v) is 30.2. The van der Waals surface area contributed by atoms with Crippen molar-refractivity contribution in [2.24, 2.45) is 0 Å². The highest BCUT2D eigenvalue weighted by Crippen LogP contribution is 2.47. The molecule has 2 aliphatic rings. The Kier molecular flexibility index (Phi) is 9.97. The van der Waals surface area contributed by atoms with Crippen molar-refractivity contribution in [1.82, 2.24) is 14.9 Å². The minimum absolute atomic E-state index is 0.00125. The predicted molar refractivity (Wildman–Crippen MR) is 188 cm³/mol. The lowest BCUT2D eigenvalue weighted by molar-refractivity contribution is -0.140. The maximum atomic E-state index is 17.0. The molecule has 6 rings (SSSR count). The van der Waals surface area contributed by atoms with Gasteiger partial charge in [0.15, 0.2) is 5.82 Å². The summed E-state index contributed by atoms with van der Waals surface area (Å²) in [6, 6.07) is 5.73. The van der Waals surface area contributed by atoms with Gasteiger partial charge >= 0.3 is 18.1 Å². The van der Waals surface area contributed by atoms with Gasteiger partial charge in [-0.2, -0.15) is 15.2 Å². The second kappa shape index (κ2) is 14.0. The van der Waals surface area contributed by atoms with Gasteiger partial charge in [0.1, 0.15) is 46.6 Å². The van der Waals surface area contributed by atoms with Crippen LogP contribution in [-0.4, -0.2) is 84.6 Å². The van der Waals surface area contributed by atoms with E-state index in [9.17, 15) is 19.2 Å². The highest BCUT2D eigenvalue weighted by Gasteiger charge is 2.49. The van der Waals surface area contributed by atoms with Crippen molar-refractivity contribution in [2.75, 3.05) is 50.6 Å². The average Bonchev–Trinajstić information content (AvgIpc) is 3.72. The summed E-state index contributed by atoms with van der Waals surface area (Å²) in [6.07, 6.45) is 0.0801. The van der Waals surface area contributed by atoms with E-state index in [1.807, 2.05) is 6.07 Å². The molecule has 2 aliphatic heterocycles. The van der Waals surface area contributed by atoms with Crippen molar-refractivity contribution in [1.29, 1.82) is 5.26 Å². The summed E-state index contributed by atoms with van der Waals surface area (Å²) in [7, 11) is 2.93. The summed E-state index contributed by atoms with van der Waals surface area (Å²) in [5.74, 6) is -1.85. The quantitative estimate of drug-likeness (QED) is 0.171. The summed E-state index contributed by atoms with van der Waals surface area (Å²) in [5.41, 5.74) is -1.75. The molecule has 1 N–H and O–H groups in total. The third-order valence-electron chi connectivity index (χ3n) is 9.10. The number of nitrogens with one attached hydrogen (secondary N) is 1. The number of esters is 1. The Morgan fingerprint density at radius 3 is 2.75 bits per heavy atom. The van der Waals surface area contributed by atoms with Crippen molar-refractivity contribution in [3.63, 3.8) is 0 Å². The number of halogens is 4. The summed E-state index contributed by atoms with van der Waals surface area (Å²) < 4.78 is 63.0. The number of thiophene rings is 1. The number of ether oxygens (including phenoxy) is 3. The first kappa shape index (κ1) is 36.4. The molecule has 1 amide bonds. The number of alkyl halides is 1. The molecule has 4 aromatic rings. The summed E-state index contributed by atoms with van der Waals surface area (Å²) in [5, 5.41) is 12.9. The summed E-state index contributed by atoms with van der Waals surface area (Å²) in [4.78, 5) is 37.3. The predicted octanol–water partition coefficient (Wildman–Crippen LogP) is 7.62. The highest BCUT2D eigenvalue weighted by atomic mass is 35.5. The Morgan fingerprint density at radius 2 is 2.04 bits per heavy atom. The molecule has 2 aromatic carbocycles. The topological polar surface area (TPSA) is 130 Å². The normalized spacial score (nSPS) is 18.9. The van der Waals surface area contributed by atoms with Gasteiger partial charge in [0.05, 0.1) is 34.4 Å². The number of fused-ring (bicyclic) bond motifs is 3. The standard InChI is InChI=1S/C35H36ClF3N6O5S/c1-34(2,3)50-33(47)43-31-21(15-40)25-19(7-8-23(38)29(25)51-31)26-22(36)13-20-28(27(26)39)41-32(42-30(20)44(4)12-9-24(46)48-5)49-17-35-10-6-11-45(35)16-18(37)14-35/h7-8,13,18H,6,9-12,14,16-17H2,1-5H3,(H,43,47)/t18-,35+/m1/s1. The van der Waals surface area contributed by atoms with Crippen LogP contribution in [0.15, 0.2) is 18.2 Å². The Labute approximate surface area is 301 Å². The number of carbonyl (C=O) groups is 2. The molecule has 0 saturated carbocycles. The van der Waals surface area contributed by atoms with E-state index < -0.39 is 41.0 Å². The number of amides is 1. The molecule has 11 nitrogen and oxygen atoms in total. The number of nitrogens with zero attached hydrogens (tertiary/aromatic N) is 5. The maximum Gasteiger partial charge on any atom is 0.412 e. The van der Waals surface area contributed by atoms with Gasteiger partial charge in [0, 0.05) is 42.9 Å². The van der Waals surface area contributed by atoms with Crippen molar-refractivity contribution in [3.8, 4) is 23.2 Å². The van der Waals surface area contributed by atoms with Gasteiger partial charge in [-0.05, 0) is 57.9 Å². The molecule has 0 radical (unpaired) electrons. The van der Waals surface area contributed by atoms with Crippen LogP contribution in [0.4, 0.5) is 28.8 Å². The van der Waals surface area contributed by atoms with Crippen LogP contribution in [0, 0.1) is 23.0 Å². The molecule has 0 bridgehead atoms. The first-order chi connectivity index (χ1) is 24.1. The fourth-order valence-corrected chi connectivity index (χ4v) is 8.21. The van der Waals surface area contributed by atoms with Crippen LogP contribution in [-0.2, 0) is 14.3 Å². The monoisotopic (exact) mass is 744 g/mol. The molecule has 4 heterocycles. The van der Waals surface area contributed by atoms with Crippen molar-refractivity contribution >= 4 is 66.8 Å². The molecule has 16 heteroatoms. The number of hydrogen-bond donors (Lipinski definition) is 1. The van der Waals surface area contributed by atoms with Gasteiger partial charge < -0.3 is 19.1 Å². The van der Waals surface area contributed by atoms with Gasteiger partial charge in [-0.1, -0.05) is 17.7 Å². The van der Waals surface area contributed by atoms with Crippen LogP contribution in [0.5, 0.6) is 6.01 Å². The number of rotatable bonds is 9. The third-order valence-corrected chi connectivity index (χ3v) is 10.5. The Balaban J connectivity index is 1.48. The van der Waals surface area contributed by atoms with Gasteiger partial charge in [-0.15, -0.1) is 11.3 Å². The third kappa shape index (κ3) is 7.09. The van der Waals surface area contributed by atoms with E-state index in [0.717, 1.165) is 36.8 Å². The lowest BCUT2D eigenvalue weighted by Gasteiger charge is -2.31. The second-order valence-electron chi connectivity index (χ2n) is 13.7. The van der Waals surface area contributed by atoms with Gasteiger partial charge in [0.25, 0.3) is 0 Å². The Hall–Kier alpha value is -4.39. The van der Waals surface area contributed by atoms with Crippen LogP contribution in [0.1, 0.15) is 52.0 Å². The number of methoxy groups -OCH3 is 1. The van der Waals surface area contributed by atoms with Crippen LogP contribution in [0.2, 0.25) is 5.02 Å². The molecular weight excluding hydrogens is 709 g/mol. The van der Waals surface area contributed by atoms with Gasteiger partial charge in [-0.3, -0.25) is 15.0 Å². The largest absolute Gasteiger partial charge is 0.469 e. The number of anilines is 2. The lowest BCUT2D eigenvalue weighted by atomic mass is 9.95. The molecule has 2 saturated heterocycles. The molecule has 0 spiro atoms. The summed E-state index contributed by atoms with van der Waals surface area (Å²) >= 11 is 7.61. The average molecular weight is 745 g/mol. The van der Waals surface area contributed by atoms with E-state index in [-0.39, 0.29) is 79.1 Å². The number of nitriles is 1. The van der Waals surface area contributed by atoms with Gasteiger partial charge in [-0.25, -0.2) is 18.0 Å². The highest BCUT2D eigenvalue weighted by molar-refractivity contribution is 7.23. The fraction of sp³-hybridized carbons (Fsp3) is 0.457. The van der Waals surface area contributed by atoms with Crippen LogP contribution in [0.3, 0.4) is 0 Å². The van der Waals surface area contributed by atoms with E-state index in [1.165, 1.54) is 19.2 Å². The van der Waals surface area contributed by atoms with Crippen LogP contribution < -0.4 is 15.0 Å². The molecule has 2 aromatic heterocycles. The molecule has 270 valence electrons. The number of aromatic nitrogens is 2. The van der Waals surface area contributed by atoms with E-state index in [4.69, 9.17) is 25.8 Å². The number of carbonyl (C=O) groups excluding carboxylic acids is 2. The van der Waals surface area contributed by atoms with E-state index >= 15 is 8.78 Å². The van der Waals surface area contributed by atoms with Crippen molar-refractivity contribution in [2.45, 2.75) is 63.8 Å². The minimum atomic E-state index is -0.989. The Morgan fingerprint density at radius 1 is 1.27 bits per heavy atom. The van der Waals surface area contributed by atoms with E-state index in [0.29, 0.717) is 13.0 Å². The number of benzene rings is 2. The van der Waals surface area contributed by atoms with E-state index in [2.05, 4.69) is 20.2 Å². The first-order valence-corrected chi connectivity index (χ1v) is 17.5. The van der Waals surface area contributed by atoms with E-state index in [1.54, 1.807) is 32.7 Å². The van der Waals surface area contributed by atoms with Crippen molar-refractivity contribution < 1.29 is 37.0 Å². The Bertz CT molecular complexity index is 2090. The van der Waals surface area contributed by atoms with Crippen LogP contribution >= 0.6 is 22.9 Å². The SMILES string of the molecule is COC(=O)CCN(C)c1nc(OC[C@@]23CCCN2C[C@H](F)C3)nc2c(F)c(-c3ccc(F)c4sc(NC(=O)OC(C)(C)C)c(C#N)c34)c(Cl)cc12. The summed E-state index contributed by atoms with van der Waals surface area (Å²) in [6.45, 7) is 6.30. The zero-order valence-electron chi connectivity index (χ0n) is 28.7.